The molecule has 138 valence electrons. The molecule has 0 N–H and O–H groups in total. The lowest BCUT2D eigenvalue weighted by Gasteiger charge is -2.06. The fraction of sp³-hybridized carbons (Fsp3) is 0.130. The minimum absolute atomic E-state index is 0.0275. The number of hydrogen-bond acceptors (Lipinski definition) is 4. The van der Waals surface area contributed by atoms with Gasteiger partial charge in [-0.2, -0.15) is 5.26 Å². The second-order valence-electron chi connectivity index (χ2n) is 6.52. The second kappa shape index (κ2) is 7.45. The molecule has 0 spiro atoms. The Bertz CT molecular complexity index is 1200. The molecule has 0 saturated heterocycles. The van der Waals surface area contributed by atoms with Gasteiger partial charge in [0.2, 0.25) is 0 Å². The Morgan fingerprint density at radius 3 is 2.68 bits per heavy atom. The first-order chi connectivity index (χ1) is 13.7. The predicted molar refractivity (Wildman–Crippen MR) is 106 cm³/mol. The number of rotatable bonds is 5. The van der Waals surface area contributed by atoms with Gasteiger partial charge in [-0.15, -0.1) is 0 Å². The van der Waals surface area contributed by atoms with Crippen LogP contribution in [0.1, 0.15) is 21.5 Å². The first-order valence-electron chi connectivity index (χ1n) is 8.92. The van der Waals surface area contributed by atoms with Gasteiger partial charge < -0.3 is 13.9 Å². The summed E-state index contributed by atoms with van der Waals surface area (Å²) in [7, 11) is 0. The van der Waals surface area contributed by atoms with Crippen molar-refractivity contribution in [2.45, 2.75) is 13.5 Å². The fourth-order valence-electron chi connectivity index (χ4n) is 3.24. The van der Waals surface area contributed by atoms with Crippen LogP contribution in [0.4, 0.5) is 0 Å². The molecule has 0 radical (unpaired) electrons. The molecule has 0 aliphatic heterocycles. The van der Waals surface area contributed by atoms with Gasteiger partial charge in [0.25, 0.3) is 0 Å². The quantitative estimate of drug-likeness (QED) is 0.479. The van der Waals surface area contributed by atoms with Crippen LogP contribution in [-0.2, 0) is 11.3 Å². The van der Waals surface area contributed by atoms with E-state index in [1.54, 1.807) is 6.07 Å². The SMILES string of the molecule is Cc1ccc(COC(=O)c2c3ccc(OCC#N)cc3n3ccccc23)cc1. The van der Waals surface area contributed by atoms with E-state index in [1.165, 1.54) is 0 Å². The summed E-state index contributed by atoms with van der Waals surface area (Å²) in [6, 6.07) is 21.0. The van der Waals surface area contributed by atoms with E-state index >= 15 is 0 Å². The number of nitriles is 1. The maximum absolute atomic E-state index is 12.9. The fourth-order valence-corrected chi connectivity index (χ4v) is 3.24. The lowest BCUT2D eigenvalue weighted by molar-refractivity contribution is 0.0477. The topological polar surface area (TPSA) is 63.7 Å². The number of ether oxygens (including phenoxy) is 2. The van der Waals surface area contributed by atoms with E-state index in [0.29, 0.717) is 11.3 Å². The molecule has 2 aromatic carbocycles. The third kappa shape index (κ3) is 3.28. The Kier molecular flexibility index (Phi) is 4.69. The summed E-state index contributed by atoms with van der Waals surface area (Å²) >= 11 is 0. The summed E-state index contributed by atoms with van der Waals surface area (Å²) in [6.07, 6.45) is 1.89. The van der Waals surface area contributed by atoms with Crippen molar-refractivity contribution in [3.63, 3.8) is 0 Å². The number of fused-ring (bicyclic) bond motifs is 3. The summed E-state index contributed by atoms with van der Waals surface area (Å²) in [6.45, 7) is 2.21. The normalized spacial score (nSPS) is 10.7. The van der Waals surface area contributed by atoms with Gasteiger partial charge in [0, 0.05) is 17.6 Å². The molecule has 0 aliphatic carbocycles. The molecular formula is C23H18N2O3. The first kappa shape index (κ1) is 17.6. The Morgan fingerprint density at radius 1 is 1.07 bits per heavy atom. The highest BCUT2D eigenvalue weighted by Crippen LogP contribution is 2.30. The van der Waals surface area contributed by atoms with Crippen LogP contribution in [-0.4, -0.2) is 17.0 Å². The number of pyridine rings is 1. The predicted octanol–water partition coefficient (Wildman–Crippen LogP) is 4.66. The molecule has 0 saturated carbocycles. The Hall–Kier alpha value is -3.78. The Labute approximate surface area is 162 Å². The van der Waals surface area contributed by atoms with E-state index in [4.69, 9.17) is 14.7 Å². The first-order valence-corrected chi connectivity index (χ1v) is 8.92. The van der Waals surface area contributed by atoms with Gasteiger partial charge in [0.1, 0.15) is 18.4 Å². The van der Waals surface area contributed by atoms with Crippen molar-refractivity contribution in [2.75, 3.05) is 6.61 Å². The van der Waals surface area contributed by atoms with Crippen molar-refractivity contribution in [1.29, 1.82) is 5.26 Å². The van der Waals surface area contributed by atoms with Crippen LogP contribution in [0, 0.1) is 18.3 Å². The number of aryl methyl sites for hydroxylation is 1. The van der Waals surface area contributed by atoms with Gasteiger partial charge >= 0.3 is 5.97 Å². The second-order valence-corrected chi connectivity index (χ2v) is 6.52. The Morgan fingerprint density at radius 2 is 1.89 bits per heavy atom. The van der Waals surface area contributed by atoms with Crippen LogP contribution in [0.3, 0.4) is 0 Å². The average Bonchev–Trinajstić information content (AvgIpc) is 3.05. The zero-order valence-electron chi connectivity index (χ0n) is 15.4. The van der Waals surface area contributed by atoms with Crippen molar-refractivity contribution < 1.29 is 14.3 Å². The van der Waals surface area contributed by atoms with Gasteiger partial charge in [-0.05, 0) is 36.8 Å². The molecule has 2 aromatic heterocycles. The molecule has 0 atom stereocenters. The van der Waals surface area contributed by atoms with Gasteiger partial charge in [-0.3, -0.25) is 0 Å². The van der Waals surface area contributed by atoms with Crippen LogP contribution in [0.15, 0.2) is 66.9 Å². The molecule has 5 heteroatoms. The Balaban J connectivity index is 1.71. The summed E-state index contributed by atoms with van der Waals surface area (Å²) < 4.78 is 12.9. The van der Waals surface area contributed by atoms with Crippen LogP contribution < -0.4 is 4.74 Å². The van der Waals surface area contributed by atoms with Crippen molar-refractivity contribution in [2.24, 2.45) is 0 Å². The van der Waals surface area contributed by atoms with E-state index in [1.807, 2.05) is 78.2 Å². The highest BCUT2D eigenvalue weighted by Gasteiger charge is 2.20. The number of esters is 1. The summed E-state index contributed by atoms with van der Waals surface area (Å²) in [5, 5.41) is 9.50. The van der Waals surface area contributed by atoms with Crippen molar-refractivity contribution >= 4 is 22.4 Å². The maximum Gasteiger partial charge on any atom is 0.341 e. The molecule has 0 fully saturated rings. The maximum atomic E-state index is 12.9. The minimum Gasteiger partial charge on any atom is -0.479 e. The molecule has 5 nitrogen and oxygen atoms in total. The van der Waals surface area contributed by atoms with Crippen LogP contribution in [0.25, 0.3) is 16.4 Å². The van der Waals surface area contributed by atoms with Gasteiger partial charge in [0.15, 0.2) is 6.61 Å². The van der Waals surface area contributed by atoms with Crippen LogP contribution in [0.5, 0.6) is 5.75 Å². The number of nitrogens with zero attached hydrogens (tertiary/aromatic N) is 2. The summed E-state index contributed by atoms with van der Waals surface area (Å²) in [5.74, 6) is 0.210. The van der Waals surface area contributed by atoms with E-state index in [2.05, 4.69) is 0 Å². The summed E-state index contributed by atoms with van der Waals surface area (Å²) in [4.78, 5) is 12.9. The average molecular weight is 370 g/mol. The number of benzene rings is 2. The molecule has 0 aliphatic rings. The molecule has 0 unspecified atom stereocenters. The zero-order chi connectivity index (χ0) is 19.5. The zero-order valence-corrected chi connectivity index (χ0v) is 15.4. The largest absolute Gasteiger partial charge is 0.479 e. The van der Waals surface area contributed by atoms with E-state index in [0.717, 1.165) is 27.5 Å². The molecule has 0 amide bonds. The van der Waals surface area contributed by atoms with E-state index in [-0.39, 0.29) is 19.2 Å². The summed E-state index contributed by atoms with van der Waals surface area (Å²) in [5.41, 5.74) is 4.22. The van der Waals surface area contributed by atoms with Crippen LogP contribution >= 0.6 is 0 Å². The number of hydrogen-bond donors (Lipinski definition) is 0. The molecule has 28 heavy (non-hydrogen) atoms. The highest BCUT2D eigenvalue weighted by molar-refractivity contribution is 6.11. The number of carbonyl (C=O) groups excluding carboxylic acids is 1. The van der Waals surface area contributed by atoms with Gasteiger partial charge in [-0.1, -0.05) is 35.9 Å². The molecule has 4 rings (SSSR count). The molecule has 0 bridgehead atoms. The molecule has 2 heterocycles. The highest BCUT2D eigenvalue weighted by atomic mass is 16.5. The number of aromatic nitrogens is 1. The van der Waals surface area contributed by atoms with Crippen LogP contribution in [0.2, 0.25) is 0 Å². The standard InChI is InChI=1S/C23H18N2O3/c1-16-5-7-17(8-6-16)15-28-23(26)22-19-10-9-18(27-13-11-24)14-21(19)25-12-3-2-4-20(22)25/h2-10,12,14H,13,15H2,1H3. The third-order valence-corrected chi connectivity index (χ3v) is 4.61. The van der Waals surface area contributed by atoms with Crippen molar-refractivity contribution in [3.05, 3.63) is 83.6 Å². The molecular weight excluding hydrogens is 352 g/mol. The number of carbonyl (C=O) groups is 1. The minimum atomic E-state index is -0.370. The van der Waals surface area contributed by atoms with Gasteiger partial charge in [-0.25, -0.2) is 4.79 Å². The lowest BCUT2D eigenvalue weighted by Crippen LogP contribution is -2.05. The van der Waals surface area contributed by atoms with Crippen molar-refractivity contribution in [3.8, 4) is 11.8 Å². The third-order valence-electron chi connectivity index (χ3n) is 4.61. The molecule has 4 aromatic rings. The lowest BCUT2D eigenvalue weighted by atomic mass is 10.1. The van der Waals surface area contributed by atoms with Crippen molar-refractivity contribution in [1.82, 2.24) is 4.40 Å². The smallest absolute Gasteiger partial charge is 0.341 e. The van der Waals surface area contributed by atoms with E-state index in [9.17, 15) is 4.79 Å². The monoisotopic (exact) mass is 370 g/mol. The van der Waals surface area contributed by atoms with E-state index < -0.39 is 0 Å². The van der Waals surface area contributed by atoms with Gasteiger partial charge in [0.05, 0.1) is 16.6 Å².